The molecule has 0 aromatic heterocycles. The number of aryl methyl sites for hydroxylation is 4. The zero-order chi connectivity index (χ0) is 33.1. The lowest BCUT2D eigenvalue weighted by Gasteiger charge is -2.31. The molecule has 0 spiro atoms. The molecular weight excluding hydrogens is 568 g/mol. The molecule has 0 amide bonds. The van der Waals surface area contributed by atoms with Crippen LogP contribution in [-0.4, -0.2) is 26.4 Å². The van der Waals surface area contributed by atoms with Gasteiger partial charge in [0.15, 0.2) is 0 Å². The molecule has 0 N–H and O–H groups in total. The van der Waals surface area contributed by atoms with E-state index in [0.717, 1.165) is 70.9 Å². The molecule has 0 bridgehead atoms. The van der Waals surface area contributed by atoms with Crippen LogP contribution < -0.4 is 18.9 Å². The second kappa shape index (κ2) is 17.1. The van der Waals surface area contributed by atoms with Gasteiger partial charge in [-0.05, 0) is 122 Å². The molecule has 246 valence electrons. The Labute approximate surface area is 278 Å². The number of hydrogen-bond acceptors (Lipinski definition) is 4. The summed E-state index contributed by atoms with van der Waals surface area (Å²) in [5.74, 6) is 3.84. The van der Waals surface area contributed by atoms with Crippen LogP contribution in [0.15, 0.2) is 72.8 Å². The molecule has 0 radical (unpaired) electrons. The lowest BCUT2D eigenvalue weighted by atomic mass is 9.72. The first-order chi connectivity index (χ1) is 22.3. The van der Waals surface area contributed by atoms with Crippen LogP contribution in [0.2, 0.25) is 0 Å². The molecule has 0 fully saturated rings. The fraction of sp³-hybridized carbons (Fsp3) is 0.429. The van der Waals surface area contributed by atoms with E-state index >= 15 is 0 Å². The molecule has 46 heavy (non-hydrogen) atoms. The van der Waals surface area contributed by atoms with Gasteiger partial charge in [0, 0.05) is 11.8 Å². The van der Waals surface area contributed by atoms with Crippen molar-refractivity contribution in [3.05, 3.63) is 117 Å². The van der Waals surface area contributed by atoms with E-state index in [0.29, 0.717) is 26.4 Å². The predicted octanol–water partition coefficient (Wildman–Crippen LogP) is 11.0. The first-order valence-corrected chi connectivity index (χ1v) is 17.2. The van der Waals surface area contributed by atoms with Gasteiger partial charge in [-0.2, -0.15) is 0 Å². The standard InChI is InChI=1S/C42H54O4/c1-9-21-43-37-17-13-33(25-29(37)5)41(34-14-18-38(30(6)26-34)44-22-10-2)42(35-15-19-39(31(7)27-35)45-23-11-3)36-16-20-40(32(8)28-36)46-24-12-4/h13-20,25-28,41-42H,9-12,21-24H2,1-8H3. The molecule has 4 rings (SSSR count). The number of rotatable bonds is 17. The zero-order valence-electron chi connectivity index (χ0n) is 29.4. The normalized spacial score (nSPS) is 11.3. The molecule has 4 heteroatoms. The Morgan fingerprint density at radius 1 is 0.370 bits per heavy atom. The van der Waals surface area contributed by atoms with Crippen molar-refractivity contribution in [3.8, 4) is 23.0 Å². The zero-order valence-corrected chi connectivity index (χ0v) is 29.4. The van der Waals surface area contributed by atoms with Crippen LogP contribution in [0.4, 0.5) is 0 Å². The van der Waals surface area contributed by atoms with E-state index < -0.39 is 0 Å². The summed E-state index contributed by atoms with van der Waals surface area (Å²) in [5, 5.41) is 0. The van der Waals surface area contributed by atoms with Crippen molar-refractivity contribution in [2.75, 3.05) is 26.4 Å². The third-order valence-corrected chi connectivity index (χ3v) is 8.41. The van der Waals surface area contributed by atoms with Gasteiger partial charge < -0.3 is 18.9 Å². The van der Waals surface area contributed by atoms with Crippen molar-refractivity contribution in [1.82, 2.24) is 0 Å². The molecule has 4 aromatic carbocycles. The van der Waals surface area contributed by atoms with Crippen LogP contribution in [0.3, 0.4) is 0 Å². The van der Waals surface area contributed by atoms with Gasteiger partial charge in [0.05, 0.1) is 26.4 Å². The minimum atomic E-state index is 0.0291. The maximum Gasteiger partial charge on any atom is 0.122 e. The average molecular weight is 623 g/mol. The van der Waals surface area contributed by atoms with Crippen LogP contribution >= 0.6 is 0 Å². The van der Waals surface area contributed by atoms with E-state index in [9.17, 15) is 0 Å². The maximum absolute atomic E-state index is 6.11. The summed E-state index contributed by atoms with van der Waals surface area (Å²) in [6, 6.07) is 26.9. The van der Waals surface area contributed by atoms with Crippen LogP contribution in [0.5, 0.6) is 23.0 Å². The van der Waals surface area contributed by atoms with Gasteiger partial charge in [-0.3, -0.25) is 0 Å². The Hall–Kier alpha value is -3.92. The van der Waals surface area contributed by atoms with Crippen LogP contribution in [-0.2, 0) is 0 Å². The second-order valence-corrected chi connectivity index (χ2v) is 12.4. The molecule has 0 saturated carbocycles. The summed E-state index contributed by atoms with van der Waals surface area (Å²) in [6.45, 7) is 20.0. The fourth-order valence-corrected chi connectivity index (χ4v) is 6.11. The Bertz CT molecular complexity index is 1320. The van der Waals surface area contributed by atoms with Gasteiger partial charge in [-0.25, -0.2) is 0 Å². The minimum absolute atomic E-state index is 0.0291. The van der Waals surface area contributed by atoms with Crippen molar-refractivity contribution in [2.45, 2.75) is 92.9 Å². The first kappa shape index (κ1) is 34.9. The summed E-state index contributed by atoms with van der Waals surface area (Å²) in [5.41, 5.74) is 9.59. The third-order valence-electron chi connectivity index (χ3n) is 8.41. The Balaban J connectivity index is 1.94. The first-order valence-electron chi connectivity index (χ1n) is 17.2. The van der Waals surface area contributed by atoms with Gasteiger partial charge in [0.2, 0.25) is 0 Å². The van der Waals surface area contributed by atoms with Gasteiger partial charge in [-0.15, -0.1) is 0 Å². The SMILES string of the molecule is CCCOc1ccc(C(c2ccc(OCCC)c(C)c2)C(c2ccc(OCCC)c(C)c2)c2ccc(OCCC)c(C)c2)cc1C. The highest BCUT2D eigenvalue weighted by molar-refractivity contribution is 5.52. The molecular formula is C42H54O4. The number of ether oxygens (including phenoxy) is 4. The quantitative estimate of drug-likeness (QED) is 0.117. The molecule has 0 heterocycles. The van der Waals surface area contributed by atoms with Crippen LogP contribution in [0.25, 0.3) is 0 Å². The highest BCUT2D eigenvalue weighted by Gasteiger charge is 2.30. The van der Waals surface area contributed by atoms with E-state index in [1.54, 1.807) is 0 Å². The highest BCUT2D eigenvalue weighted by atomic mass is 16.5. The van der Waals surface area contributed by atoms with E-state index in [1.807, 2.05) is 0 Å². The van der Waals surface area contributed by atoms with Crippen molar-refractivity contribution >= 4 is 0 Å². The van der Waals surface area contributed by atoms with E-state index in [4.69, 9.17) is 18.9 Å². The van der Waals surface area contributed by atoms with Crippen molar-refractivity contribution in [1.29, 1.82) is 0 Å². The average Bonchev–Trinajstić information content (AvgIpc) is 3.05. The van der Waals surface area contributed by atoms with Crippen molar-refractivity contribution in [2.24, 2.45) is 0 Å². The molecule has 0 saturated heterocycles. The topological polar surface area (TPSA) is 36.9 Å². The minimum Gasteiger partial charge on any atom is -0.493 e. The summed E-state index contributed by atoms with van der Waals surface area (Å²) in [4.78, 5) is 0. The molecule has 4 nitrogen and oxygen atoms in total. The lowest BCUT2D eigenvalue weighted by Crippen LogP contribution is -2.16. The Morgan fingerprint density at radius 3 is 0.761 bits per heavy atom. The molecule has 0 aliphatic rings. The number of hydrogen-bond donors (Lipinski definition) is 0. The largest absolute Gasteiger partial charge is 0.493 e. The van der Waals surface area contributed by atoms with Crippen molar-refractivity contribution in [3.63, 3.8) is 0 Å². The predicted molar refractivity (Wildman–Crippen MR) is 192 cm³/mol. The van der Waals surface area contributed by atoms with E-state index in [1.165, 1.54) is 22.3 Å². The second-order valence-electron chi connectivity index (χ2n) is 12.4. The Kier molecular flexibility index (Phi) is 13.0. The number of benzene rings is 4. The summed E-state index contributed by atoms with van der Waals surface area (Å²) in [6.07, 6.45) is 3.91. The van der Waals surface area contributed by atoms with Gasteiger partial charge in [-0.1, -0.05) is 76.2 Å². The summed E-state index contributed by atoms with van der Waals surface area (Å²) < 4.78 is 24.4. The monoisotopic (exact) mass is 622 g/mol. The van der Waals surface area contributed by atoms with Gasteiger partial charge in [0.25, 0.3) is 0 Å². The molecule has 0 aliphatic heterocycles. The summed E-state index contributed by atoms with van der Waals surface area (Å²) in [7, 11) is 0. The van der Waals surface area contributed by atoms with Gasteiger partial charge in [0.1, 0.15) is 23.0 Å². The third kappa shape index (κ3) is 8.66. The fourth-order valence-electron chi connectivity index (χ4n) is 6.11. The molecule has 0 atom stereocenters. The van der Waals surface area contributed by atoms with Gasteiger partial charge >= 0.3 is 0 Å². The van der Waals surface area contributed by atoms with E-state index in [-0.39, 0.29) is 11.8 Å². The van der Waals surface area contributed by atoms with Crippen molar-refractivity contribution < 1.29 is 18.9 Å². The van der Waals surface area contributed by atoms with Crippen LogP contribution in [0.1, 0.15) is 110 Å². The maximum atomic E-state index is 6.11. The van der Waals surface area contributed by atoms with Crippen LogP contribution in [0, 0.1) is 27.7 Å². The summed E-state index contributed by atoms with van der Waals surface area (Å²) >= 11 is 0. The molecule has 0 unspecified atom stereocenters. The Morgan fingerprint density at radius 2 is 0.587 bits per heavy atom. The van der Waals surface area contributed by atoms with E-state index in [2.05, 4.69) is 128 Å². The molecule has 4 aromatic rings. The highest BCUT2D eigenvalue weighted by Crippen LogP contribution is 2.46. The smallest absolute Gasteiger partial charge is 0.122 e. The molecule has 0 aliphatic carbocycles. The lowest BCUT2D eigenvalue weighted by molar-refractivity contribution is 0.314.